The van der Waals surface area contributed by atoms with E-state index in [0.717, 1.165) is 17.8 Å². The summed E-state index contributed by atoms with van der Waals surface area (Å²) in [5.41, 5.74) is 4.32. The normalized spacial score (nSPS) is 10.1. The van der Waals surface area contributed by atoms with Crippen molar-refractivity contribution < 1.29 is 4.79 Å². The van der Waals surface area contributed by atoms with Gasteiger partial charge in [-0.2, -0.15) is 0 Å². The molecule has 2 N–H and O–H groups in total. The number of hydrogen-bond donors (Lipinski definition) is 2. The minimum absolute atomic E-state index is 0.0600. The molecule has 0 radical (unpaired) electrons. The van der Waals surface area contributed by atoms with Crippen LogP contribution in [0, 0.1) is 0 Å². The maximum absolute atomic E-state index is 12.0. The molecule has 1 amide bonds. The predicted molar refractivity (Wildman–Crippen MR) is 74.1 cm³/mol. The third-order valence-corrected chi connectivity index (χ3v) is 3.23. The third-order valence-electron chi connectivity index (χ3n) is 2.59. The predicted octanol–water partition coefficient (Wildman–Crippen LogP) is 2.16. The summed E-state index contributed by atoms with van der Waals surface area (Å²) in [7, 11) is 1.81. The molecule has 18 heavy (non-hydrogen) atoms. The molecule has 2 aromatic rings. The summed E-state index contributed by atoms with van der Waals surface area (Å²) < 4.78 is 0. The van der Waals surface area contributed by atoms with E-state index in [2.05, 4.69) is 15.6 Å². The first-order valence-electron chi connectivity index (χ1n) is 5.73. The van der Waals surface area contributed by atoms with Crippen LogP contribution in [0.25, 0.3) is 0 Å². The minimum Gasteiger partial charge on any atom is -0.387 e. The fourth-order valence-corrected chi connectivity index (χ4v) is 2.25. The Morgan fingerprint density at radius 2 is 2.22 bits per heavy atom. The van der Waals surface area contributed by atoms with Crippen molar-refractivity contribution in [2.24, 2.45) is 0 Å². The van der Waals surface area contributed by atoms with Gasteiger partial charge in [0.15, 0.2) is 0 Å². The molecule has 0 saturated heterocycles. The van der Waals surface area contributed by atoms with Gasteiger partial charge in [0.25, 0.3) is 5.91 Å². The largest absolute Gasteiger partial charge is 0.387 e. The average Bonchev–Trinajstić information content (AvgIpc) is 2.91. The highest BCUT2D eigenvalue weighted by molar-refractivity contribution is 7.07. The Kier molecular flexibility index (Phi) is 4.30. The molecule has 0 aliphatic carbocycles. The van der Waals surface area contributed by atoms with Gasteiger partial charge in [-0.1, -0.05) is 12.1 Å². The number of carbonyl (C=O) groups excluding carboxylic acids is 1. The van der Waals surface area contributed by atoms with Gasteiger partial charge < -0.3 is 10.6 Å². The molecule has 0 atom stereocenters. The van der Waals surface area contributed by atoms with Gasteiger partial charge in [0.1, 0.15) is 0 Å². The number of nitrogens with zero attached hydrogens (tertiary/aromatic N) is 1. The molecule has 1 aromatic carbocycles. The van der Waals surface area contributed by atoms with E-state index < -0.39 is 0 Å². The fourth-order valence-electron chi connectivity index (χ4n) is 1.66. The van der Waals surface area contributed by atoms with E-state index in [9.17, 15) is 4.79 Å². The number of thiazole rings is 1. The van der Waals surface area contributed by atoms with Crippen molar-refractivity contribution >= 4 is 22.9 Å². The van der Waals surface area contributed by atoms with Gasteiger partial charge >= 0.3 is 0 Å². The Labute approximate surface area is 110 Å². The van der Waals surface area contributed by atoms with Crippen molar-refractivity contribution in [2.45, 2.75) is 6.42 Å². The third kappa shape index (κ3) is 3.07. The van der Waals surface area contributed by atoms with E-state index in [1.54, 1.807) is 23.9 Å². The number of carbonyl (C=O) groups is 1. The molecular formula is C13H15N3OS. The number of aromatic nitrogens is 1. The van der Waals surface area contributed by atoms with E-state index in [4.69, 9.17) is 0 Å². The molecule has 0 saturated carbocycles. The molecule has 0 aliphatic heterocycles. The van der Waals surface area contributed by atoms with Crippen LogP contribution in [0.1, 0.15) is 16.1 Å². The van der Waals surface area contributed by atoms with E-state index in [-0.39, 0.29) is 5.91 Å². The zero-order valence-electron chi connectivity index (χ0n) is 10.1. The highest BCUT2D eigenvalue weighted by atomic mass is 32.1. The summed E-state index contributed by atoms with van der Waals surface area (Å²) in [4.78, 5) is 16.2. The van der Waals surface area contributed by atoms with E-state index in [1.807, 2.05) is 29.6 Å². The summed E-state index contributed by atoms with van der Waals surface area (Å²) in [5.74, 6) is -0.0600. The molecule has 2 rings (SSSR count). The monoisotopic (exact) mass is 261 g/mol. The van der Waals surface area contributed by atoms with Gasteiger partial charge in [0.05, 0.1) is 16.8 Å². The summed E-state index contributed by atoms with van der Waals surface area (Å²) in [6, 6.07) is 7.45. The van der Waals surface area contributed by atoms with Crippen LogP contribution in [0.4, 0.5) is 5.69 Å². The van der Waals surface area contributed by atoms with Crippen LogP contribution >= 0.6 is 11.3 Å². The molecule has 0 bridgehead atoms. The minimum atomic E-state index is -0.0600. The topological polar surface area (TPSA) is 54.0 Å². The molecule has 0 aliphatic rings. The lowest BCUT2D eigenvalue weighted by molar-refractivity contribution is 0.0955. The molecule has 94 valence electrons. The van der Waals surface area contributed by atoms with Crippen molar-refractivity contribution in [3.63, 3.8) is 0 Å². The van der Waals surface area contributed by atoms with Crippen molar-refractivity contribution in [3.8, 4) is 0 Å². The quantitative estimate of drug-likeness (QED) is 0.867. The maximum atomic E-state index is 12.0. The van der Waals surface area contributed by atoms with Gasteiger partial charge in [0, 0.05) is 31.1 Å². The maximum Gasteiger partial charge on any atom is 0.253 e. The second kappa shape index (κ2) is 6.16. The average molecular weight is 261 g/mol. The Morgan fingerprint density at radius 3 is 2.94 bits per heavy atom. The number of rotatable bonds is 5. The Balaban J connectivity index is 1.91. The number of amides is 1. The first-order valence-corrected chi connectivity index (χ1v) is 6.67. The van der Waals surface area contributed by atoms with Crippen LogP contribution in [0.3, 0.4) is 0 Å². The van der Waals surface area contributed by atoms with Gasteiger partial charge in [-0.05, 0) is 12.1 Å². The SMILES string of the molecule is CNc1ccccc1C(=O)NCCc1cscn1. The highest BCUT2D eigenvalue weighted by Crippen LogP contribution is 2.13. The molecule has 0 fully saturated rings. The van der Waals surface area contributed by atoms with E-state index in [0.29, 0.717) is 12.1 Å². The van der Waals surface area contributed by atoms with E-state index >= 15 is 0 Å². The second-order valence-electron chi connectivity index (χ2n) is 3.78. The molecule has 4 nitrogen and oxygen atoms in total. The molecule has 1 aromatic heterocycles. The number of hydrogen-bond acceptors (Lipinski definition) is 4. The van der Waals surface area contributed by atoms with Crippen molar-refractivity contribution in [3.05, 3.63) is 46.4 Å². The number of nitrogens with one attached hydrogen (secondary N) is 2. The van der Waals surface area contributed by atoms with Gasteiger partial charge in [0.2, 0.25) is 0 Å². The lowest BCUT2D eigenvalue weighted by atomic mass is 10.1. The van der Waals surface area contributed by atoms with Crippen molar-refractivity contribution in [1.82, 2.24) is 10.3 Å². The van der Waals surface area contributed by atoms with Crippen LogP contribution < -0.4 is 10.6 Å². The lowest BCUT2D eigenvalue weighted by Gasteiger charge is -2.09. The van der Waals surface area contributed by atoms with Gasteiger partial charge in [-0.25, -0.2) is 4.98 Å². The fraction of sp³-hybridized carbons (Fsp3) is 0.231. The van der Waals surface area contributed by atoms with Gasteiger partial charge in [-0.15, -0.1) is 11.3 Å². The van der Waals surface area contributed by atoms with Crippen LogP contribution in [-0.2, 0) is 6.42 Å². The molecule has 0 spiro atoms. The number of benzene rings is 1. The standard InChI is InChI=1S/C13H15N3OS/c1-14-12-5-3-2-4-11(12)13(17)15-7-6-10-8-18-9-16-10/h2-5,8-9,14H,6-7H2,1H3,(H,15,17). The second-order valence-corrected chi connectivity index (χ2v) is 4.50. The molecular weight excluding hydrogens is 246 g/mol. The van der Waals surface area contributed by atoms with Crippen molar-refractivity contribution in [2.75, 3.05) is 18.9 Å². The van der Waals surface area contributed by atoms with E-state index in [1.165, 1.54) is 0 Å². The molecule has 5 heteroatoms. The first kappa shape index (κ1) is 12.6. The summed E-state index contributed by atoms with van der Waals surface area (Å²) in [6.07, 6.45) is 0.761. The smallest absolute Gasteiger partial charge is 0.253 e. The summed E-state index contributed by atoms with van der Waals surface area (Å²) in [6.45, 7) is 0.598. The summed E-state index contributed by atoms with van der Waals surface area (Å²) >= 11 is 1.57. The van der Waals surface area contributed by atoms with Crippen molar-refractivity contribution in [1.29, 1.82) is 0 Å². The number of para-hydroxylation sites is 1. The Bertz CT molecular complexity index is 511. The number of anilines is 1. The lowest BCUT2D eigenvalue weighted by Crippen LogP contribution is -2.26. The zero-order chi connectivity index (χ0) is 12.8. The van der Waals surface area contributed by atoms with Crippen LogP contribution in [-0.4, -0.2) is 24.5 Å². The van der Waals surface area contributed by atoms with Crippen LogP contribution in [0.2, 0.25) is 0 Å². The van der Waals surface area contributed by atoms with Crippen LogP contribution in [0.5, 0.6) is 0 Å². The molecule has 1 heterocycles. The van der Waals surface area contributed by atoms with Crippen LogP contribution in [0.15, 0.2) is 35.2 Å². The first-order chi connectivity index (χ1) is 8.81. The molecule has 0 unspecified atom stereocenters. The Morgan fingerprint density at radius 1 is 1.39 bits per heavy atom. The summed E-state index contributed by atoms with van der Waals surface area (Å²) in [5, 5.41) is 7.90. The highest BCUT2D eigenvalue weighted by Gasteiger charge is 2.09. The van der Waals surface area contributed by atoms with Gasteiger partial charge in [-0.3, -0.25) is 4.79 Å². The Hall–Kier alpha value is -1.88. The zero-order valence-corrected chi connectivity index (χ0v) is 11.0.